The second kappa shape index (κ2) is 8.03. The average Bonchev–Trinajstić information content (AvgIpc) is 2.67. The van der Waals surface area contributed by atoms with E-state index in [2.05, 4.69) is 20.6 Å². The molecule has 1 amide bonds. The molecule has 3 aromatic rings. The number of carbonyl (C=O) groups excluding carboxylic acids is 1. The third-order valence-corrected chi connectivity index (χ3v) is 3.77. The zero-order valence-corrected chi connectivity index (χ0v) is 14.3. The molecule has 2 N–H and O–H groups in total. The van der Waals surface area contributed by atoms with Gasteiger partial charge in [-0.3, -0.25) is 4.79 Å². The van der Waals surface area contributed by atoms with Gasteiger partial charge in [0.15, 0.2) is 0 Å². The van der Waals surface area contributed by atoms with Gasteiger partial charge in [-0.1, -0.05) is 18.2 Å². The molecule has 0 bridgehead atoms. The maximum Gasteiger partial charge on any atom is 0.416 e. The summed E-state index contributed by atoms with van der Waals surface area (Å²) in [6.45, 7) is 0.193. The van der Waals surface area contributed by atoms with E-state index in [1.165, 1.54) is 18.5 Å². The fourth-order valence-corrected chi connectivity index (χ4v) is 2.30. The standard InChI is InChI=1S/C19H14F4N4O/c20-15-4-2-1-3-12(15)9-25-17-11-24-16(10-26-17)18(28)27-14-7-5-13(6-8-14)19(21,22)23/h1-8,10-11H,9H2,(H,25,26)(H,27,28). The first kappa shape index (κ1) is 19.3. The lowest BCUT2D eigenvalue weighted by atomic mass is 10.2. The molecule has 0 spiro atoms. The van der Waals surface area contributed by atoms with Crippen molar-refractivity contribution in [3.63, 3.8) is 0 Å². The Hall–Kier alpha value is -3.49. The fraction of sp³-hybridized carbons (Fsp3) is 0.105. The summed E-state index contributed by atoms with van der Waals surface area (Å²) >= 11 is 0. The molecule has 2 aromatic carbocycles. The van der Waals surface area contributed by atoms with Gasteiger partial charge in [0.25, 0.3) is 5.91 Å². The molecular weight excluding hydrogens is 376 g/mol. The third kappa shape index (κ3) is 4.81. The number of rotatable bonds is 5. The van der Waals surface area contributed by atoms with E-state index in [-0.39, 0.29) is 23.7 Å². The maximum absolute atomic E-state index is 13.6. The van der Waals surface area contributed by atoms with Crippen molar-refractivity contribution < 1.29 is 22.4 Å². The maximum atomic E-state index is 13.6. The number of aromatic nitrogens is 2. The van der Waals surface area contributed by atoms with Gasteiger partial charge in [-0.25, -0.2) is 14.4 Å². The van der Waals surface area contributed by atoms with Crippen molar-refractivity contribution in [2.45, 2.75) is 12.7 Å². The van der Waals surface area contributed by atoms with E-state index in [4.69, 9.17) is 0 Å². The van der Waals surface area contributed by atoms with Crippen LogP contribution in [0.2, 0.25) is 0 Å². The Morgan fingerprint density at radius 3 is 2.29 bits per heavy atom. The molecule has 0 aliphatic heterocycles. The van der Waals surface area contributed by atoms with E-state index < -0.39 is 17.6 Å². The first-order chi connectivity index (χ1) is 13.3. The lowest BCUT2D eigenvalue weighted by molar-refractivity contribution is -0.137. The van der Waals surface area contributed by atoms with E-state index in [1.807, 2.05) is 0 Å². The molecule has 0 saturated heterocycles. The van der Waals surface area contributed by atoms with Gasteiger partial charge < -0.3 is 10.6 Å². The van der Waals surface area contributed by atoms with Crippen molar-refractivity contribution in [3.8, 4) is 0 Å². The molecule has 0 atom stereocenters. The molecular formula is C19H14F4N4O. The Balaban J connectivity index is 1.60. The minimum atomic E-state index is -4.44. The lowest BCUT2D eigenvalue weighted by Gasteiger charge is -2.09. The normalized spacial score (nSPS) is 11.1. The van der Waals surface area contributed by atoms with E-state index in [1.54, 1.807) is 18.2 Å². The van der Waals surface area contributed by atoms with Crippen LogP contribution in [0.1, 0.15) is 21.6 Å². The summed E-state index contributed by atoms with van der Waals surface area (Å²) in [5, 5.41) is 5.33. The average molecular weight is 390 g/mol. The number of nitrogens with zero attached hydrogens (tertiary/aromatic N) is 2. The Morgan fingerprint density at radius 2 is 1.68 bits per heavy atom. The zero-order chi connectivity index (χ0) is 20.1. The molecule has 0 radical (unpaired) electrons. The number of hydrogen-bond donors (Lipinski definition) is 2. The van der Waals surface area contributed by atoms with Gasteiger partial charge in [-0.05, 0) is 30.3 Å². The van der Waals surface area contributed by atoms with Crippen LogP contribution in [0.5, 0.6) is 0 Å². The number of carbonyl (C=O) groups is 1. The molecule has 0 aliphatic rings. The molecule has 3 rings (SSSR count). The first-order valence-electron chi connectivity index (χ1n) is 8.11. The predicted octanol–water partition coefficient (Wildman–Crippen LogP) is 4.50. The summed E-state index contributed by atoms with van der Waals surface area (Å²) in [6.07, 6.45) is -1.93. The van der Waals surface area contributed by atoms with Crippen LogP contribution in [0.15, 0.2) is 60.9 Å². The molecule has 1 heterocycles. The van der Waals surface area contributed by atoms with E-state index in [9.17, 15) is 22.4 Å². The van der Waals surface area contributed by atoms with Gasteiger partial charge in [0.1, 0.15) is 17.3 Å². The van der Waals surface area contributed by atoms with Crippen molar-refractivity contribution >= 4 is 17.4 Å². The van der Waals surface area contributed by atoms with Crippen LogP contribution in [-0.2, 0) is 12.7 Å². The summed E-state index contributed by atoms with van der Waals surface area (Å²) < 4.78 is 51.2. The molecule has 28 heavy (non-hydrogen) atoms. The number of halogens is 4. The van der Waals surface area contributed by atoms with Gasteiger partial charge in [0, 0.05) is 17.8 Å². The highest BCUT2D eigenvalue weighted by atomic mass is 19.4. The second-order valence-corrected chi connectivity index (χ2v) is 5.76. The summed E-state index contributed by atoms with van der Waals surface area (Å²) in [7, 11) is 0. The predicted molar refractivity (Wildman–Crippen MR) is 95.2 cm³/mol. The van der Waals surface area contributed by atoms with Crippen LogP contribution < -0.4 is 10.6 Å². The number of nitrogens with one attached hydrogen (secondary N) is 2. The van der Waals surface area contributed by atoms with Crippen LogP contribution >= 0.6 is 0 Å². The Labute approximate surface area is 157 Å². The molecule has 1 aromatic heterocycles. The minimum absolute atomic E-state index is 0.0173. The Kier molecular flexibility index (Phi) is 5.53. The lowest BCUT2D eigenvalue weighted by Crippen LogP contribution is -2.15. The van der Waals surface area contributed by atoms with Crippen LogP contribution in [0.4, 0.5) is 29.1 Å². The monoisotopic (exact) mass is 390 g/mol. The smallest absolute Gasteiger partial charge is 0.365 e. The van der Waals surface area contributed by atoms with Crippen molar-refractivity contribution in [1.82, 2.24) is 9.97 Å². The minimum Gasteiger partial charge on any atom is -0.365 e. The number of amides is 1. The molecule has 0 unspecified atom stereocenters. The molecule has 0 fully saturated rings. The van der Waals surface area contributed by atoms with Gasteiger partial charge in [0.05, 0.1) is 18.0 Å². The van der Waals surface area contributed by atoms with E-state index in [0.29, 0.717) is 11.4 Å². The highest BCUT2D eigenvalue weighted by Crippen LogP contribution is 2.29. The SMILES string of the molecule is O=C(Nc1ccc(C(F)(F)F)cc1)c1cnc(NCc2ccccc2F)cn1. The van der Waals surface area contributed by atoms with Crippen molar-refractivity contribution in [1.29, 1.82) is 0 Å². The van der Waals surface area contributed by atoms with Crippen molar-refractivity contribution in [3.05, 3.63) is 83.6 Å². The third-order valence-electron chi connectivity index (χ3n) is 3.77. The van der Waals surface area contributed by atoms with Gasteiger partial charge in [-0.15, -0.1) is 0 Å². The van der Waals surface area contributed by atoms with Gasteiger partial charge in [-0.2, -0.15) is 13.2 Å². The molecule has 0 aliphatic carbocycles. The van der Waals surface area contributed by atoms with Crippen LogP contribution in [0.25, 0.3) is 0 Å². The molecule has 144 valence electrons. The van der Waals surface area contributed by atoms with E-state index in [0.717, 1.165) is 24.3 Å². The van der Waals surface area contributed by atoms with Crippen molar-refractivity contribution in [2.24, 2.45) is 0 Å². The number of alkyl halides is 3. The quantitative estimate of drug-likeness (QED) is 0.630. The number of hydrogen-bond acceptors (Lipinski definition) is 4. The van der Waals surface area contributed by atoms with Crippen LogP contribution in [0.3, 0.4) is 0 Å². The Morgan fingerprint density at radius 1 is 0.964 bits per heavy atom. The summed E-state index contributed by atoms with van der Waals surface area (Å²) in [4.78, 5) is 20.1. The fourth-order valence-electron chi connectivity index (χ4n) is 2.30. The van der Waals surface area contributed by atoms with Crippen LogP contribution in [-0.4, -0.2) is 15.9 Å². The largest absolute Gasteiger partial charge is 0.416 e. The number of benzene rings is 2. The van der Waals surface area contributed by atoms with E-state index >= 15 is 0 Å². The van der Waals surface area contributed by atoms with Gasteiger partial charge >= 0.3 is 6.18 Å². The molecule has 0 saturated carbocycles. The summed E-state index contributed by atoms with van der Waals surface area (Å²) in [5.41, 5.74) is -0.179. The van der Waals surface area contributed by atoms with Crippen molar-refractivity contribution in [2.75, 3.05) is 10.6 Å². The summed E-state index contributed by atoms with van der Waals surface area (Å²) in [5.74, 6) is -0.627. The van der Waals surface area contributed by atoms with Gasteiger partial charge in [0.2, 0.25) is 0 Å². The second-order valence-electron chi connectivity index (χ2n) is 5.76. The Bertz CT molecular complexity index is 957. The topological polar surface area (TPSA) is 66.9 Å². The highest BCUT2D eigenvalue weighted by molar-refractivity contribution is 6.02. The first-order valence-corrected chi connectivity index (χ1v) is 8.11. The molecule has 9 heteroatoms. The number of anilines is 2. The highest BCUT2D eigenvalue weighted by Gasteiger charge is 2.30. The van der Waals surface area contributed by atoms with Crippen LogP contribution in [0, 0.1) is 5.82 Å². The molecule has 5 nitrogen and oxygen atoms in total. The summed E-state index contributed by atoms with van der Waals surface area (Å²) in [6, 6.07) is 10.3. The zero-order valence-electron chi connectivity index (χ0n) is 14.3.